The van der Waals surface area contributed by atoms with Crippen LogP contribution >= 0.6 is 12.0 Å². The van der Waals surface area contributed by atoms with Crippen LogP contribution in [0.1, 0.15) is 142 Å². The topological polar surface area (TPSA) is 249 Å². The number of carbonyl (C=O) groups excluding carboxylic acids is 1. The predicted octanol–water partition coefficient (Wildman–Crippen LogP) is 9.52. The fourth-order valence-electron chi connectivity index (χ4n) is 9.82. The number of nitrogens with one attached hydrogen (secondary N) is 2. The molecule has 2 heterocycles. The number of carbonyl (C=O) groups is 1. The highest BCUT2D eigenvalue weighted by atomic mass is 32.2. The maximum Gasteiger partial charge on any atom is 0.294 e. The first-order valence-electron chi connectivity index (χ1n) is 24.5. The van der Waals surface area contributed by atoms with Crippen LogP contribution in [0.15, 0.2) is 93.0 Å². The first-order chi connectivity index (χ1) is 33.5. The number of hydrogen-bond donors (Lipinski definition) is 6. The molecule has 0 spiro atoms. The van der Waals surface area contributed by atoms with Crippen LogP contribution in [-0.4, -0.2) is 98.6 Å². The molecule has 0 bridgehead atoms. The van der Waals surface area contributed by atoms with Crippen LogP contribution in [-0.2, 0) is 55.4 Å². The van der Waals surface area contributed by atoms with Crippen LogP contribution in [0.5, 0.6) is 0 Å². The van der Waals surface area contributed by atoms with E-state index in [1.807, 2.05) is 32.0 Å². The lowest BCUT2D eigenvalue weighted by atomic mass is 9.81. The van der Waals surface area contributed by atoms with Crippen molar-refractivity contribution in [2.45, 2.75) is 151 Å². The number of anilines is 1. The molecule has 0 aromatic heterocycles. The third kappa shape index (κ3) is 16.6. The van der Waals surface area contributed by atoms with Gasteiger partial charge in [-0.25, -0.2) is 5.26 Å². The molecule has 0 radical (unpaired) electrons. The summed E-state index contributed by atoms with van der Waals surface area (Å²) in [6.45, 7) is 9.82. The molecule has 2 aromatic rings. The predicted molar refractivity (Wildman–Crippen MR) is 278 cm³/mol. The Bertz CT molecular complexity index is 2710. The van der Waals surface area contributed by atoms with Crippen LogP contribution in [0.25, 0.3) is 0 Å². The van der Waals surface area contributed by atoms with Gasteiger partial charge in [0.2, 0.25) is 11.6 Å². The Morgan fingerprint density at radius 1 is 0.775 bits per heavy atom. The van der Waals surface area contributed by atoms with E-state index in [1.165, 1.54) is 12.1 Å². The summed E-state index contributed by atoms with van der Waals surface area (Å²) in [4.78, 5) is 14.1. The summed E-state index contributed by atoms with van der Waals surface area (Å²) in [5.41, 5.74) is 7.14. The van der Waals surface area contributed by atoms with Crippen molar-refractivity contribution >= 4 is 65.4 Å². The molecule has 2 aliphatic heterocycles. The lowest BCUT2D eigenvalue weighted by Crippen LogP contribution is -2.28. The summed E-state index contributed by atoms with van der Waals surface area (Å²) in [5, 5.41) is 19.2. The molecule has 6 N–H and O–H groups in total. The molecule has 21 heteroatoms. The van der Waals surface area contributed by atoms with E-state index in [2.05, 4.69) is 63.3 Å². The Morgan fingerprint density at radius 3 is 2.08 bits per heavy atom. The van der Waals surface area contributed by atoms with Gasteiger partial charge in [-0.1, -0.05) is 69.6 Å². The highest BCUT2D eigenvalue weighted by Crippen LogP contribution is 2.49. The van der Waals surface area contributed by atoms with Crippen molar-refractivity contribution in [3.05, 3.63) is 94.4 Å². The first-order valence-corrected chi connectivity index (χ1v) is 29.9. The second-order valence-electron chi connectivity index (χ2n) is 19.5. The molecule has 71 heavy (non-hydrogen) atoms. The van der Waals surface area contributed by atoms with E-state index in [9.17, 15) is 43.7 Å². The molecule has 0 fully saturated rings. The fourth-order valence-corrected chi connectivity index (χ4v) is 11.9. The van der Waals surface area contributed by atoms with Crippen molar-refractivity contribution in [3.63, 3.8) is 0 Å². The second kappa shape index (κ2) is 25.9. The Labute approximate surface area is 425 Å². The van der Waals surface area contributed by atoms with Gasteiger partial charge in [-0.05, 0) is 118 Å². The van der Waals surface area contributed by atoms with Gasteiger partial charge in [-0.2, -0.15) is 29.8 Å². The largest absolute Gasteiger partial charge is 0.385 e. The Hall–Kier alpha value is -3.90. The van der Waals surface area contributed by atoms with Crippen molar-refractivity contribution < 1.29 is 62.9 Å². The molecule has 0 saturated carbocycles. The highest BCUT2D eigenvalue weighted by Gasteiger charge is 2.45. The smallest absolute Gasteiger partial charge is 0.294 e. The normalized spacial score (nSPS) is 18.0. The molecule has 394 valence electrons. The maximum absolute atomic E-state index is 12.3. The quantitative estimate of drug-likeness (QED) is 0.0111. The van der Waals surface area contributed by atoms with Crippen molar-refractivity contribution in [1.82, 2.24) is 10.6 Å². The summed E-state index contributed by atoms with van der Waals surface area (Å²) in [6.07, 6.45) is 21.2. The first kappa shape index (κ1) is 58.0. The zero-order valence-corrected chi connectivity index (χ0v) is 44.9. The number of allylic oxidation sites excluding steroid dienone is 7. The molecule has 0 saturated heterocycles. The number of rotatable bonds is 29. The Balaban J connectivity index is 1.51. The van der Waals surface area contributed by atoms with Gasteiger partial charge in [0.15, 0.2) is 5.71 Å². The third-order valence-corrected chi connectivity index (χ3v) is 16.6. The molecule has 0 atom stereocenters. The second-order valence-corrected chi connectivity index (χ2v) is 24.8. The maximum atomic E-state index is 12.3. The molecule has 5 rings (SSSR count). The van der Waals surface area contributed by atoms with E-state index in [4.69, 9.17) is 9.59 Å². The Morgan fingerprint density at radius 2 is 1.44 bits per heavy atom. The SMILES string of the molecule is CNC(=O)CCCCCCCCCCNC1=C(/C=C/C2=[N+](CCCCS(=O)(=O)O)c3ccc(SOOO)cc3C2(C)C)CCC/C1=C\C=C1\N(CCCCS(=O)(=O)O)c2ccc(S(=O)(=O)O)cc2C1(C)C. The van der Waals surface area contributed by atoms with E-state index in [-0.39, 0.29) is 35.2 Å². The lowest BCUT2D eigenvalue weighted by Gasteiger charge is -2.28. The monoisotopic (exact) mass is 1070 g/mol. The van der Waals surface area contributed by atoms with Crippen LogP contribution in [0, 0.1) is 0 Å². The Kier molecular flexibility index (Phi) is 21.1. The summed E-state index contributed by atoms with van der Waals surface area (Å²) < 4.78 is 107. The number of amides is 1. The fraction of sp³-hybridized carbons (Fsp3) is 0.560. The number of unbranched alkanes of at least 4 members (excludes halogenated alkanes) is 9. The van der Waals surface area contributed by atoms with Crippen LogP contribution in [0.3, 0.4) is 0 Å². The number of fused-ring (bicyclic) bond motifs is 2. The zero-order valence-electron chi connectivity index (χ0n) is 41.6. The molecular formula is C50H73N4O13S4+. The minimum atomic E-state index is -4.50. The zero-order chi connectivity index (χ0) is 52.0. The van der Waals surface area contributed by atoms with Crippen molar-refractivity contribution in [1.29, 1.82) is 0 Å². The molecule has 17 nitrogen and oxygen atoms in total. The van der Waals surface area contributed by atoms with Gasteiger partial charge in [-0.3, -0.25) is 18.5 Å². The van der Waals surface area contributed by atoms with Crippen LogP contribution in [0.2, 0.25) is 0 Å². The third-order valence-electron chi connectivity index (χ3n) is 13.6. The van der Waals surface area contributed by atoms with Crippen molar-refractivity contribution in [3.8, 4) is 0 Å². The van der Waals surface area contributed by atoms with Crippen LogP contribution < -0.4 is 15.5 Å². The van der Waals surface area contributed by atoms with E-state index < -0.39 is 41.2 Å². The van der Waals surface area contributed by atoms with Gasteiger partial charge in [-0.15, -0.1) is 4.33 Å². The summed E-state index contributed by atoms with van der Waals surface area (Å²) in [5.74, 6) is -0.653. The van der Waals surface area contributed by atoms with E-state index in [0.29, 0.717) is 42.8 Å². The van der Waals surface area contributed by atoms with Gasteiger partial charge in [0.05, 0.1) is 33.9 Å². The van der Waals surface area contributed by atoms with E-state index in [0.717, 1.165) is 134 Å². The van der Waals surface area contributed by atoms with E-state index >= 15 is 0 Å². The van der Waals surface area contributed by atoms with Crippen molar-refractivity contribution in [2.75, 3.05) is 43.1 Å². The average molecular weight is 1070 g/mol. The lowest BCUT2D eigenvalue weighted by molar-refractivity contribution is -0.438. The van der Waals surface area contributed by atoms with E-state index in [1.54, 1.807) is 13.1 Å². The highest BCUT2D eigenvalue weighted by molar-refractivity contribution is 7.94. The number of hydrogen-bond acceptors (Lipinski definition) is 13. The molecule has 3 aliphatic rings. The summed E-state index contributed by atoms with van der Waals surface area (Å²) >= 11 is 0.867. The minimum absolute atomic E-state index is 0.0769. The van der Waals surface area contributed by atoms with Gasteiger partial charge in [0, 0.05) is 78.1 Å². The average Bonchev–Trinajstić information content (AvgIpc) is 3.64. The molecule has 2 aromatic carbocycles. The van der Waals surface area contributed by atoms with Gasteiger partial charge < -0.3 is 15.5 Å². The standard InChI is InChI=1S/C50H72N4O13S4/c1-49(2)41-35-39(68-67-66-56)24-26-43(41)53(31-14-16-33-69(57,58)59)45(49)28-22-37-19-18-20-38(48(37)52-30-13-11-9-7-6-8-10-12-21-47(55)51-5)23-29-46-50(3,4)42-36-40(71(63,64)65)25-27-44(42)54(46)32-15-17-34-70(60,61)62/h22-29,35-36H,6-21,30-34H2,1-5H3,(H5,51,55,56,57,58,59,60,61,62,63,64,65)/p+1/b38-23+,46-29+. The summed E-state index contributed by atoms with van der Waals surface area (Å²) in [6, 6.07) is 10.3. The van der Waals surface area contributed by atoms with Gasteiger partial charge in [0.25, 0.3) is 30.4 Å². The minimum Gasteiger partial charge on any atom is -0.385 e. The van der Waals surface area contributed by atoms with Crippen LogP contribution in [0.4, 0.5) is 11.4 Å². The van der Waals surface area contributed by atoms with Crippen molar-refractivity contribution in [2.24, 2.45) is 0 Å². The molecule has 1 aliphatic carbocycles. The van der Waals surface area contributed by atoms with Gasteiger partial charge >= 0.3 is 0 Å². The molecule has 1 amide bonds. The number of nitrogens with zero attached hydrogens (tertiary/aromatic N) is 2. The van der Waals surface area contributed by atoms with Gasteiger partial charge in [0.1, 0.15) is 6.54 Å². The molecular weight excluding hydrogens is 993 g/mol. The summed E-state index contributed by atoms with van der Waals surface area (Å²) in [7, 11) is -11.1. The molecule has 0 unspecified atom stereocenters. The number of benzene rings is 2.